The fourth-order valence-electron chi connectivity index (χ4n) is 2.26. The van der Waals surface area contributed by atoms with Crippen molar-refractivity contribution >= 4 is 11.0 Å². The first-order valence-corrected chi connectivity index (χ1v) is 6.10. The van der Waals surface area contributed by atoms with Crippen molar-refractivity contribution in [3.8, 4) is 5.69 Å². The molecule has 2 N–H and O–H groups in total. The predicted molar refractivity (Wildman–Crippen MR) is 73.8 cm³/mol. The van der Waals surface area contributed by atoms with E-state index in [0.717, 1.165) is 23.1 Å². The van der Waals surface area contributed by atoms with E-state index in [9.17, 15) is 0 Å². The Morgan fingerprint density at radius 1 is 1.00 bits per heavy atom. The Balaban J connectivity index is 2.20. The van der Waals surface area contributed by atoms with E-state index in [1.165, 1.54) is 5.56 Å². The van der Waals surface area contributed by atoms with Crippen LogP contribution >= 0.6 is 0 Å². The van der Waals surface area contributed by atoms with Crippen molar-refractivity contribution in [3.05, 3.63) is 60.4 Å². The van der Waals surface area contributed by atoms with Gasteiger partial charge < -0.3 is 5.73 Å². The van der Waals surface area contributed by atoms with E-state index in [4.69, 9.17) is 5.73 Å². The van der Waals surface area contributed by atoms with Gasteiger partial charge in [0.1, 0.15) is 6.33 Å². The molecule has 3 heteroatoms. The zero-order valence-electron chi connectivity index (χ0n) is 10.1. The standard InChI is InChI=1S/C15H15N3/c16-10-9-12-5-1-3-7-14(12)18-11-17-13-6-2-4-8-15(13)18/h1-8,11H,9-10,16H2. The van der Waals surface area contributed by atoms with Gasteiger partial charge in [-0.2, -0.15) is 0 Å². The number of fused-ring (bicyclic) bond motifs is 1. The van der Waals surface area contributed by atoms with Gasteiger partial charge in [-0.15, -0.1) is 0 Å². The van der Waals surface area contributed by atoms with Gasteiger partial charge in [-0.25, -0.2) is 4.98 Å². The van der Waals surface area contributed by atoms with Crippen LogP contribution in [0.25, 0.3) is 16.7 Å². The van der Waals surface area contributed by atoms with E-state index in [1.807, 2.05) is 36.7 Å². The van der Waals surface area contributed by atoms with Gasteiger partial charge in [-0.05, 0) is 36.7 Å². The van der Waals surface area contributed by atoms with Crippen molar-refractivity contribution in [3.63, 3.8) is 0 Å². The molecule has 0 atom stereocenters. The first-order valence-electron chi connectivity index (χ1n) is 6.10. The van der Waals surface area contributed by atoms with Crippen LogP contribution in [0.1, 0.15) is 5.56 Å². The second kappa shape index (κ2) is 4.63. The van der Waals surface area contributed by atoms with E-state index in [-0.39, 0.29) is 0 Å². The van der Waals surface area contributed by atoms with Crippen molar-refractivity contribution in [1.82, 2.24) is 9.55 Å². The molecule has 0 amide bonds. The van der Waals surface area contributed by atoms with Crippen LogP contribution in [0.2, 0.25) is 0 Å². The van der Waals surface area contributed by atoms with E-state index >= 15 is 0 Å². The maximum absolute atomic E-state index is 5.67. The molecule has 3 rings (SSSR count). The van der Waals surface area contributed by atoms with E-state index < -0.39 is 0 Å². The number of para-hydroxylation sites is 3. The summed E-state index contributed by atoms with van der Waals surface area (Å²) in [7, 11) is 0. The lowest BCUT2D eigenvalue weighted by Gasteiger charge is -2.10. The number of nitrogens with two attached hydrogens (primary N) is 1. The molecule has 0 radical (unpaired) electrons. The molecular formula is C15H15N3. The van der Waals surface area contributed by atoms with Crippen LogP contribution in [0, 0.1) is 0 Å². The molecule has 90 valence electrons. The summed E-state index contributed by atoms with van der Waals surface area (Å²) < 4.78 is 2.13. The molecule has 0 aliphatic rings. The number of aromatic nitrogens is 2. The quantitative estimate of drug-likeness (QED) is 0.760. The molecule has 0 unspecified atom stereocenters. The molecule has 0 spiro atoms. The molecule has 0 aliphatic heterocycles. The zero-order chi connectivity index (χ0) is 12.4. The van der Waals surface area contributed by atoms with Crippen LogP contribution in [0.3, 0.4) is 0 Å². The molecule has 2 aromatic carbocycles. The zero-order valence-corrected chi connectivity index (χ0v) is 10.1. The Labute approximate surface area is 106 Å². The first kappa shape index (κ1) is 11.0. The van der Waals surface area contributed by atoms with Crippen LogP contribution in [-0.2, 0) is 6.42 Å². The normalized spacial score (nSPS) is 10.9. The summed E-state index contributed by atoms with van der Waals surface area (Å²) in [6.45, 7) is 0.656. The summed E-state index contributed by atoms with van der Waals surface area (Å²) in [4.78, 5) is 4.43. The number of nitrogens with zero attached hydrogens (tertiary/aromatic N) is 2. The minimum Gasteiger partial charge on any atom is -0.330 e. The highest BCUT2D eigenvalue weighted by molar-refractivity contribution is 5.77. The second-order valence-electron chi connectivity index (χ2n) is 4.27. The Morgan fingerprint density at radius 3 is 2.67 bits per heavy atom. The lowest BCUT2D eigenvalue weighted by Crippen LogP contribution is -2.06. The molecule has 0 saturated heterocycles. The minimum atomic E-state index is 0.656. The molecule has 0 aliphatic carbocycles. The van der Waals surface area contributed by atoms with Crippen LogP contribution in [0.5, 0.6) is 0 Å². The molecule has 3 nitrogen and oxygen atoms in total. The molecule has 3 aromatic rings. The average molecular weight is 237 g/mol. The second-order valence-corrected chi connectivity index (χ2v) is 4.27. The topological polar surface area (TPSA) is 43.8 Å². The largest absolute Gasteiger partial charge is 0.330 e. The van der Waals surface area contributed by atoms with Crippen molar-refractivity contribution in [1.29, 1.82) is 0 Å². The number of hydrogen-bond acceptors (Lipinski definition) is 2. The van der Waals surface area contributed by atoms with Gasteiger partial charge in [0.05, 0.1) is 16.7 Å². The molecule has 0 bridgehead atoms. The summed E-state index contributed by atoms with van der Waals surface area (Å²) in [5.74, 6) is 0. The van der Waals surface area contributed by atoms with Gasteiger partial charge in [0.15, 0.2) is 0 Å². The molecule has 1 aromatic heterocycles. The number of hydrogen-bond donors (Lipinski definition) is 1. The SMILES string of the molecule is NCCc1ccccc1-n1cnc2ccccc21. The summed E-state index contributed by atoms with van der Waals surface area (Å²) in [6, 6.07) is 16.5. The summed E-state index contributed by atoms with van der Waals surface area (Å²) in [5, 5.41) is 0. The Morgan fingerprint density at radius 2 is 1.78 bits per heavy atom. The van der Waals surface area contributed by atoms with Crippen LogP contribution in [-0.4, -0.2) is 16.1 Å². The van der Waals surface area contributed by atoms with Crippen molar-refractivity contribution in [2.24, 2.45) is 5.73 Å². The molecule has 0 fully saturated rings. The highest BCUT2D eigenvalue weighted by Crippen LogP contribution is 2.21. The average Bonchev–Trinajstić information content (AvgIpc) is 2.84. The summed E-state index contributed by atoms with van der Waals surface area (Å²) in [6.07, 6.45) is 2.75. The maximum atomic E-state index is 5.67. The van der Waals surface area contributed by atoms with Crippen molar-refractivity contribution in [2.75, 3.05) is 6.54 Å². The van der Waals surface area contributed by atoms with Crippen molar-refractivity contribution < 1.29 is 0 Å². The van der Waals surface area contributed by atoms with Gasteiger partial charge in [0.25, 0.3) is 0 Å². The first-order chi connectivity index (χ1) is 8.90. The number of imidazole rings is 1. The van der Waals surface area contributed by atoms with Gasteiger partial charge in [-0.1, -0.05) is 30.3 Å². The minimum absolute atomic E-state index is 0.656. The Bertz CT molecular complexity index is 670. The number of rotatable bonds is 3. The molecule has 1 heterocycles. The third-order valence-electron chi connectivity index (χ3n) is 3.12. The maximum Gasteiger partial charge on any atom is 0.100 e. The van der Waals surface area contributed by atoms with E-state index in [2.05, 4.69) is 27.8 Å². The summed E-state index contributed by atoms with van der Waals surface area (Å²) >= 11 is 0. The third-order valence-corrected chi connectivity index (χ3v) is 3.12. The third kappa shape index (κ3) is 1.79. The highest BCUT2D eigenvalue weighted by atomic mass is 15.0. The van der Waals surface area contributed by atoms with Crippen molar-refractivity contribution in [2.45, 2.75) is 6.42 Å². The van der Waals surface area contributed by atoms with E-state index in [1.54, 1.807) is 0 Å². The van der Waals surface area contributed by atoms with E-state index in [0.29, 0.717) is 6.54 Å². The Hall–Kier alpha value is -2.13. The van der Waals surface area contributed by atoms with Gasteiger partial charge in [0, 0.05) is 0 Å². The lowest BCUT2D eigenvalue weighted by atomic mass is 10.1. The lowest BCUT2D eigenvalue weighted by molar-refractivity contribution is 0.942. The predicted octanol–water partition coefficient (Wildman–Crippen LogP) is 2.53. The summed E-state index contributed by atoms with van der Waals surface area (Å²) in [5.41, 5.74) is 10.2. The molecule has 0 saturated carbocycles. The van der Waals surface area contributed by atoms with Gasteiger partial charge in [-0.3, -0.25) is 4.57 Å². The smallest absolute Gasteiger partial charge is 0.100 e. The van der Waals surface area contributed by atoms with Gasteiger partial charge >= 0.3 is 0 Å². The monoisotopic (exact) mass is 237 g/mol. The van der Waals surface area contributed by atoms with Crippen LogP contribution in [0.15, 0.2) is 54.9 Å². The van der Waals surface area contributed by atoms with Crippen LogP contribution < -0.4 is 5.73 Å². The highest BCUT2D eigenvalue weighted by Gasteiger charge is 2.07. The Kier molecular flexibility index (Phi) is 2.82. The fourth-order valence-corrected chi connectivity index (χ4v) is 2.26. The molecular weight excluding hydrogens is 222 g/mol. The molecule has 18 heavy (non-hydrogen) atoms. The fraction of sp³-hybridized carbons (Fsp3) is 0.133. The van der Waals surface area contributed by atoms with Crippen LogP contribution in [0.4, 0.5) is 0 Å². The number of benzene rings is 2. The van der Waals surface area contributed by atoms with Gasteiger partial charge in [0.2, 0.25) is 0 Å².